The number of carbonyl (C=O) groups excluding carboxylic acids is 1. The van der Waals surface area contributed by atoms with Crippen molar-refractivity contribution in [3.8, 4) is 0 Å². The van der Waals surface area contributed by atoms with Crippen LogP contribution in [0.5, 0.6) is 0 Å². The van der Waals surface area contributed by atoms with Crippen LogP contribution in [-0.4, -0.2) is 40.0 Å². The minimum Gasteiger partial charge on any atom is -0.467 e. The molecule has 26 heavy (non-hydrogen) atoms. The number of furan rings is 1. The lowest BCUT2D eigenvalue weighted by molar-refractivity contribution is 0.102. The van der Waals surface area contributed by atoms with Gasteiger partial charge in [-0.2, -0.15) is 0 Å². The molecule has 0 aliphatic heterocycles. The van der Waals surface area contributed by atoms with Gasteiger partial charge in [-0.05, 0) is 31.3 Å². The Labute approximate surface area is 152 Å². The maximum atomic E-state index is 12.5. The standard InChI is InChI=1S/C19H25N5O2/c1-3-23(4-2)9-10-24-17-8-6-5-7-16(17)21-19(24)22-18(25)14-11-15(12-20)26-13-14/h5-8,11,13H,3-4,9-10,12,20H2,1-2H3,(H,21,22,25). The lowest BCUT2D eigenvalue weighted by Gasteiger charge is -2.19. The fourth-order valence-corrected chi connectivity index (χ4v) is 2.96. The fraction of sp³-hybridized carbons (Fsp3) is 0.368. The molecule has 0 bridgehead atoms. The third-order valence-electron chi connectivity index (χ3n) is 4.53. The van der Waals surface area contributed by atoms with Gasteiger partial charge in [0.1, 0.15) is 12.0 Å². The third kappa shape index (κ3) is 3.79. The lowest BCUT2D eigenvalue weighted by Crippen LogP contribution is -2.27. The van der Waals surface area contributed by atoms with Crippen LogP contribution in [0, 0.1) is 0 Å². The lowest BCUT2D eigenvalue weighted by atomic mass is 10.3. The number of nitrogens with two attached hydrogens (primary N) is 1. The SMILES string of the molecule is CCN(CC)CCn1c(NC(=O)c2coc(CN)c2)nc2ccccc21. The van der Waals surface area contributed by atoms with Crippen LogP contribution in [0.15, 0.2) is 41.0 Å². The molecule has 0 atom stereocenters. The number of benzene rings is 1. The minimum absolute atomic E-state index is 0.257. The first kappa shape index (κ1) is 18.2. The Morgan fingerprint density at radius 1 is 1.31 bits per heavy atom. The third-order valence-corrected chi connectivity index (χ3v) is 4.53. The predicted octanol–water partition coefficient (Wildman–Crippen LogP) is 2.68. The first-order chi connectivity index (χ1) is 12.7. The highest BCUT2D eigenvalue weighted by Crippen LogP contribution is 2.20. The highest BCUT2D eigenvalue weighted by atomic mass is 16.3. The van der Waals surface area contributed by atoms with Crippen molar-refractivity contribution in [1.82, 2.24) is 14.5 Å². The topological polar surface area (TPSA) is 89.3 Å². The van der Waals surface area contributed by atoms with Gasteiger partial charge in [-0.15, -0.1) is 0 Å². The first-order valence-corrected chi connectivity index (χ1v) is 8.92. The summed E-state index contributed by atoms with van der Waals surface area (Å²) in [7, 11) is 0. The Kier molecular flexibility index (Phi) is 5.70. The molecule has 0 aliphatic rings. The Hall–Kier alpha value is -2.64. The zero-order chi connectivity index (χ0) is 18.5. The molecule has 3 rings (SSSR count). The Morgan fingerprint density at radius 3 is 2.77 bits per heavy atom. The second-order valence-corrected chi connectivity index (χ2v) is 6.06. The minimum atomic E-state index is -0.257. The second kappa shape index (κ2) is 8.16. The zero-order valence-electron chi connectivity index (χ0n) is 15.2. The van der Waals surface area contributed by atoms with Gasteiger partial charge >= 0.3 is 0 Å². The van der Waals surface area contributed by atoms with Crippen LogP contribution in [0.1, 0.15) is 30.0 Å². The number of nitrogens with one attached hydrogen (secondary N) is 1. The molecular formula is C19H25N5O2. The van der Waals surface area contributed by atoms with Crippen LogP contribution in [0.2, 0.25) is 0 Å². The van der Waals surface area contributed by atoms with E-state index in [2.05, 4.69) is 33.6 Å². The van der Waals surface area contributed by atoms with Crippen LogP contribution in [-0.2, 0) is 13.1 Å². The molecule has 138 valence electrons. The number of hydrogen-bond donors (Lipinski definition) is 2. The summed E-state index contributed by atoms with van der Waals surface area (Å²) in [6, 6.07) is 9.54. The van der Waals surface area contributed by atoms with Crippen molar-refractivity contribution in [1.29, 1.82) is 0 Å². The summed E-state index contributed by atoms with van der Waals surface area (Å²) in [6.45, 7) is 8.16. The first-order valence-electron chi connectivity index (χ1n) is 8.92. The van der Waals surface area contributed by atoms with E-state index in [4.69, 9.17) is 10.2 Å². The zero-order valence-corrected chi connectivity index (χ0v) is 15.2. The van der Waals surface area contributed by atoms with Crippen molar-refractivity contribution in [2.75, 3.05) is 25.0 Å². The van der Waals surface area contributed by atoms with E-state index in [-0.39, 0.29) is 12.5 Å². The van der Waals surface area contributed by atoms with Crippen molar-refractivity contribution in [2.45, 2.75) is 26.9 Å². The van der Waals surface area contributed by atoms with Crippen molar-refractivity contribution in [3.05, 3.63) is 47.9 Å². The number of para-hydroxylation sites is 2. The number of aromatic nitrogens is 2. The molecule has 0 radical (unpaired) electrons. The van der Waals surface area contributed by atoms with Gasteiger partial charge in [-0.3, -0.25) is 10.1 Å². The van der Waals surface area contributed by atoms with E-state index in [0.29, 0.717) is 17.3 Å². The van der Waals surface area contributed by atoms with Crippen molar-refractivity contribution in [2.24, 2.45) is 5.73 Å². The molecule has 1 amide bonds. The Morgan fingerprint density at radius 2 is 2.08 bits per heavy atom. The van der Waals surface area contributed by atoms with Gasteiger partial charge in [0.2, 0.25) is 5.95 Å². The van der Waals surface area contributed by atoms with Gasteiger partial charge in [0.15, 0.2) is 0 Å². The van der Waals surface area contributed by atoms with Gasteiger partial charge in [-0.1, -0.05) is 26.0 Å². The van der Waals surface area contributed by atoms with E-state index in [1.54, 1.807) is 6.07 Å². The maximum Gasteiger partial charge on any atom is 0.261 e. The maximum absolute atomic E-state index is 12.5. The molecule has 0 saturated carbocycles. The normalized spacial score (nSPS) is 11.4. The molecule has 0 unspecified atom stereocenters. The number of anilines is 1. The Balaban J connectivity index is 1.86. The molecule has 0 aliphatic carbocycles. The van der Waals surface area contributed by atoms with Crippen LogP contribution in [0.3, 0.4) is 0 Å². The summed E-state index contributed by atoms with van der Waals surface area (Å²) in [5.41, 5.74) is 7.84. The highest BCUT2D eigenvalue weighted by Gasteiger charge is 2.16. The number of fused-ring (bicyclic) bond motifs is 1. The summed E-state index contributed by atoms with van der Waals surface area (Å²) >= 11 is 0. The Bertz CT molecular complexity index is 879. The van der Waals surface area contributed by atoms with Crippen LogP contribution in [0.25, 0.3) is 11.0 Å². The molecular weight excluding hydrogens is 330 g/mol. The monoisotopic (exact) mass is 355 g/mol. The smallest absolute Gasteiger partial charge is 0.261 e. The molecule has 0 spiro atoms. The molecule has 7 heteroatoms. The predicted molar refractivity (Wildman–Crippen MR) is 102 cm³/mol. The van der Waals surface area contributed by atoms with Gasteiger partial charge < -0.3 is 19.6 Å². The largest absolute Gasteiger partial charge is 0.467 e. The van der Waals surface area contributed by atoms with E-state index in [0.717, 1.165) is 37.2 Å². The van der Waals surface area contributed by atoms with Crippen molar-refractivity contribution < 1.29 is 9.21 Å². The summed E-state index contributed by atoms with van der Waals surface area (Å²) in [4.78, 5) is 19.5. The van der Waals surface area contributed by atoms with Crippen LogP contribution >= 0.6 is 0 Å². The molecule has 3 N–H and O–H groups in total. The van der Waals surface area contributed by atoms with E-state index < -0.39 is 0 Å². The van der Waals surface area contributed by atoms with Gasteiger partial charge in [-0.25, -0.2) is 4.98 Å². The number of carbonyl (C=O) groups is 1. The summed E-state index contributed by atoms with van der Waals surface area (Å²) in [6.07, 6.45) is 1.42. The average Bonchev–Trinajstić information content (AvgIpc) is 3.27. The molecule has 0 saturated heterocycles. The molecule has 2 heterocycles. The summed E-state index contributed by atoms with van der Waals surface area (Å²) in [5.74, 6) is 0.858. The average molecular weight is 355 g/mol. The molecule has 0 fully saturated rings. The summed E-state index contributed by atoms with van der Waals surface area (Å²) < 4.78 is 7.30. The van der Waals surface area contributed by atoms with Crippen molar-refractivity contribution >= 4 is 22.9 Å². The number of likely N-dealkylation sites (N-methyl/N-ethyl adjacent to an activating group) is 1. The fourth-order valence-electron chi connectivity index (χ4n) is 2.96. The van der Waals surface area contributed by atoms with E-state index in [9.17, 15) is 4.79 Å². The van der Waals surface area contributed by atoms with Gasteiger partial charge in [0.25, 0.3) is 5.91 Å². The van der Waals surface area contributed by atoms with E-state index >= 15 is 0 Å². The molecule has 7 nitrogen and oxygen atoms in total. The van der Waals surface area contributed by atoms with Crippen LogP contribution < -0.4 is 11.1 Å². The number of amides is 1. The van der Waals surface area contributed by atoms with Gasteiger partial charge in [0, 0.05) is 13.1 Å². The summed E-state index contributed by atoms with van der Waals surface area (Å²) in [5, 5.41) is 2.91. The quantitative estimate of drug-likeness (QED) is 0.648. The van der Waals surface area contributed by atoms with Crippen molar-refractivity contribution in [3.63, 3.8) is 0 Å². The second-order valence-electron chi connectivity index (χ2n) is 6.06. The molecule has 1 aromatic carbocycles. The highest BCUT2D eigenvalue weighted by molar-refractivity contribution is 6.04. The molecule has 3 aromatic rings. The van der Waals surface area contributed by atoms with E-state index in [1.807, 2.05) is 24.3 Å². The number of rotatable bonds is 8. The van der Waals surface area contributed by atoms with E-state index in [1.165, 1.54) is 6.26 Å². The van der Waals surface area contributed by atoms with Crippen LogP contribution in [0.4, 0.5) is 5.95 Å². The number of nitrogens with zero attached hydrogens (tertiary/aromatic N) is 3. The number of hydrogen-bond acceptors (Lipinski definition) is 5. The number of imidazole rings is 1. The van der Waals surface area contributed by atoms with Gasteiger partial charge in [0.05, 0.1) is 23.1 Å². The molecule has 2 aromatic heterocycles.